The maximum Gasteiger partial charge on any atom is 0.261 e. The van der Waals surface area contributed by atoms with Gasteiger partial charge >= 0.3 is 0 Å². The smallest absolute Gasteiger partial charge is 0.261 e. The zero-order chi connectivity index (χ0) is 23.7. The van der Waals surface area contributed by atoms with Crippen LogP contribution in [0.2, 0.25) is 0 Å². The lowest BCUT2D eigenvalue weighted by Gasteiger charge is -2.27. The molecule has 1 amide bonds. The zero-order valence-corrected chi connectivity index (χ0v) is 19.7. The third-order valence-corrected chi connectivity index (χ3v) is 7.65. The monoisotopic (exact) mass is 478 g/mol. The number of hydrogen-bond donors (Lipinski definition) is 1. The van der Waals surface area contributed by atoms with Crippen LogP contribution in [0.1, 0.15) is 40.4 Å². The number of likely N-dealkylation sites (tertiary alicyclic amines) is 1. The summed E-state index contributed by atoms with van der Waals surface area (Å²) < 4.78 is 39.6. The molecule has 5 rings (SSSR count). The standard InChI is InChI=1S/C26H26N2O5S/c1-18-5-2-3-6-22(18)27-34(30,31)21-11-8-19(9-12-21)26(29)28-14-4-7-23(28)20-10-13-24-25(17-20)33-16-15-32-24/h2-3,5-6,8-13,17,23,27H,4,7,14-16H2,1H3/t23-/m0/s1. The van der Waals surface area contributed by atoms with Gasteiger partial charge in [0.2, 0.25) is 0 Å². The van der Waals surface area contributed by atoms with Crippen molar-refractivity contribution in [2.75, 3.05) is 24.5 Å². The Labute approximate surface area is 199 Å². The third kappa shape index (κ3) is 4.33. The number of hydrogen-bond acceptors (Lipinski definition) is 5. The number of nitrogens with one attached hydrogen (secondary N) is 1. The van der Waals surface area contributed by atoms with E-state index in [1.807, 2.05) is 42.2 Å². The van der Waals surface area contributed by atoms with E-state index in [1.165, 1.54) is 12.1 Å². The first-order valence-corrected chi connectivity index (χ1v) is 12.8. The number of anilines is 1. The zero-order valence-electron chi connectivity index (χ0n) is 18.9. The number of fused-ring (bicyclic) bond motifs is 1. The van der Waals surface area contributed by atoms with Crippen LogP contribution in [-0.2, 0) is 10.0 Å². The van der Waals surface area contributed by atoms with E-state index in [1.54, 1.807) is 24.3 Å². The van der Waals surface area contributed by atoms with Crippen molar-refractivity contribution >= 4 is 21.6 Å². The van der Waals surface area contributed by atoms with Gasteiger partial charge in [-0.3, -0.25) is 9.52 Å². The van der Waals surface area contributed by atoms with Gasteiger partial charge in [-0.1, -0.05) is 24.3 Å². The summed E-state index contributed by atoms with van der Waals surface area (Å²) in [6.45, 7) is 3.53. The number of para-hydroxylation sites is 1. The highest BCUT2D eigenvalue weighted by molar-refractivity contribution is 7.92. The van der Waals surface area contributed by atoms with Crippen LogP contribution in [0.25, 0.3) is 0 Å². The van der Waals surface area contributed by atoms with Gasteiger partial charge in [-0.05, 0) is 73.4 Å². The van der Waals surface area contributed by atoms with Crippen molar-refractivity contribution in [1.82, 2.24) is 4.90 Å². The Morgan fingerprint density at radius 1 is 0.971 bits per heavy atom. The molecule has 0 unspecified atom stereocenters. The van der Waals surface area contributed by atoms with Crippen LogP contribution < -0.4 is 14.2 Å². The van der Waals surface area contributed by atoms with Crippen LogP contribution in [0.5, 0.6) is 11.5 Å². The van der Waals surface area contributed by atoms with E-state index in [0.29, 0.717) is 36.8 Å². The predicted molar refractivity (Wildman–Crippen MR) is 129 cm³/mol. The highest BCUT2D eigenvalue weighted by Gasteiger charge is 2.31. The van der Waals surface area contributed by atoms with E-state index in [0.717, 1.165) is 29.7 Å². The van der Waals surface area contributed by atoms with Crippen LogP contribution in [0.4, 0.5) is 5.69 Å². The average Bonchev–Trinajstić information content (AvgIpc) is 3.35. The summed E-state index contributed by atoms with van der Waals surface area (Å²) in [5.41, 5.74) is 2.83. The molecule has 1 N–H and O–H groups in total. The second-order valence-corrected chi connectivity index (χ2v) is 10.2. The Morgan fingerprint density at radius 3 is 2.47 bits per heavy atom. The summed E-state index contributed by atoms with van der Waals surface area (Å²) in [4.78, 5) is 15.3. The number of rotatable bonds is 5. The molecule has 0 saturated carbocycles. The first-order valence-electron chi connectivity index (χ1n) is 11.3. The van der Waals surface area contributed by atoms with Crippen molar-refractivity contribution in [2.45, 2.75) is 30.7 Å². The summed E-state index contributed by atoms with van der Waals surface area (Å²) in [5, 5.41) is 0. The molecule has 7 nitrogen and oxygen atoms in total. The van der Waals surface area contributed by atoms with Crippen molar-refractivity contribution in [3.63, 3.8) is 0 Å². The van der Waals surface area contributed by atoms with Crippen molar-refractivity contribution in [1.29, 1.82) is 0 Å². The minimum Gasteiger partial charge on any atom is -0.486 e. The maximum absolute atomic E-state index is 13.3. The Morgan fingerprint density at radius 2 is 1.71 bits per heavy atom. The second-order valence-electron chi connectivity index (χ2n) is 8.50. The minimum absolute atomic E-state index is 0.0607. The molecule has 0 aliphatic carbocycles. The molecule has 1 atom stereocenters. The molecule has 8 heteroatoms. The Hall–Kier alpha value is -3.52. The molecule has 3 aromatic carbocycles. The molecule has 3 aromatic rings. The number of benzene rings is 3. The van der Waals surface area contributed by atoms with Crippen LogP contribution >= 0.6 is 0 Å². The average molecular weight is 479 g/mol. The minimum atomic E-state index is -3.76. The first-order chi connectivity index (χ1) is 16.4. The molecular weight excluding hydrogens is 452 g/mol. The number of carbonyl (C=O) groups excluding carboxylic acids is 1. The van der Waals surface area contributed by atoms with Crippen LogP contribution in [-0.4, -0.2) is 39.0 Å². The summed E-state index contributed by atoms with van der Waals surface area (Å²) in [7, 11) is -3.76. The van der Waals surface area contributed by atoms with E-state index in [-0.39, 0.29) is 16.8 Å². The molecule has 0 bridgehead atoms. The Bertz CT molecular complexity index is 1320. The number of carbonyl (C=O) groups is 1. The quantitative estimate of drug-likeness (QED) is 0.582. The Kier molecular flexibility index (Phi) is 5.91. The van der Waals surface area contributed by atoms with Gasteiger partial charge in [-0.15, -0.1) is 0 Å². The van der Waals surface area contributed by atoms with Gasteiger partial charge < -0.3 is 14.4 Å². The van der Waals surface area contributed by atoms with Crippen LogP contribution in [0, 0.1) is 6.92 Å². The fourth-order valence-corrected chi connectivity index (χ4v) is 5.59. The molecule has 0 radical (unpaired) electrons. The third-order valence-electron chi connectivity index (χ3n) is 6.27. The van der Waals surface area contributed by atoms with Crippen molar-refractivity contribution in [2.24, 2.45) is 0 Å². The molecule has 2 aliphatic heterocycles. The normalized spacial score (nSPS) is 17.4. The molecule has 2 aliphatic rings. The van der Waals surface area contributed by atoms with Crippen molar-refractivity contribution in [3.05, 3.63) is 83.4 Å². The summed E-state index contributed by atoms with van der Waals surface area (Å²) in [5.74, 6) is 1.31. The van der Waals surface area contributed by atoms with E-state index in [9.17, 15) is 13.2 Å². The SMILES string of the molecule is Cc1ccccc1NS(=O)(=O)c1ccc(C(=O)N2CCC[C@H]2c2ccc3c(c2)OCCO3)cc1. The van der Waals surface area contributed by atoms with Gasteiger partial charge in [-0.25, -0.2) is 8.42 Å². The van der Waals surface area contributed by atoms with Crippen LogP contribution in [0.15, 0.2) is 71.6 Å². The van der Waals surface area contributed by atoms with E-state index in [4.69, 9.17) is 9.47 Å². The predicted octanol–water partition coefficient (Wildman–Crippen LogP) is 4.54. The summed E-state index contributed by atoms with van der Waals surface area (Å²) in [6, 6.07) is 19.1. The van der Waals surface area contributed by atoms with Crippen molar-refractivity contribution in [3.8, 4) is 11.5 Å². The topological polar surface area (TPSA) is 84.9 Å². The van der Waals surface area contributed by atoms with Gasteiger partial charge in [0.05, 0.1) is 16.6 Å². The lowest BCUT2D eigenvalue weighted by Crippen LogP contribution is -2.30. The fraction of sp³-hybridized carbons (Fsp3) is 0.269. The summed E-state index contributed by atoms with van der Waals surface area (Å²) >= 11 is 0. The largest absolute Gasteiger partial charge is 0.486 e. The van der Waals surface area contributed by atoms with E-state index in [2.05, 4.69) is 4.72 Å². The van der Waals surface area contributed by atoms with Gasteiger partial charge in [0.15, 0.2) is 11.5 Å². The number of amides is 1. The molecule has 176 valence electrons. The molecule has 1 fully saturated rings. The van der Waals surface area contributed by atoms with Gasteiger partial charge in [-0.2, -0.15) is 0 Å². The number of sulfonamides is 1. The first kappa shape index (κ1) is 22.3. The highest BCUT2D eigenvalue weighted by Crippen LogP contribution is 2.38. The molecule has 1 saturated heterocycles. The number of aryl methyl sites for hydroxylation is 1. The maximum atomic E-state index is 13.3. The lowest BCUT2D eigenvalue weighted by atomic mass is 10.0. The lowest BCUT2D eigenvalue weighted by molar-refractivity contribution is 0.0735. The molecule has 34 heavy (non-hydrogen) atoms. The van der Waals surface area contributed by atoms with Crippen molar-refractivity contribution < 1.29 is 22.7 Å². The second kappa shape index (κ2) is 9.02. The van der Waals surface area contributed by atoms with E-state index >= 15 is 0 Å². The summed E-state index contributed by atoms with van der Waals surface area (Å²) in [6.07, 6.45) is 1.76. The molecular formula is C26H26N2O5S. The number of ether oxygens (including phenoxy) is 2. The van der Waals surface area contributed by atoms with Gasteiger partial charge in [0, 0.05) is 12.1 Å². The molecule has 0 aromatic heterocycles. The Balaban J connectivity index is 1.34. The highest BCUT2D eigenvalue weighted by atomic mass is 32.2. The fourth-order valence-electron chi connectivity index (χ4n) is 4.46. The van der Waals surface area contributed by atoms with Gasteiger partial charge in [0.1, 0.15) is 13.2 Å². The molecule has 2 heterocycles. The molecule has 0 spiro atoms. The number of nitrogens with zero attached hydrogens (tertiary/aromatic N) is 1. The van der Waals surface area contributed by atoms with Crippen LogP contribution in [0.3, 0.4) is 0 Å². The van der Waals surface area contributed by atoms with E-state index < -0.39 is 10.0 Å². The van der Waals surface area contributed by atoms with Gasteiger partial charge in [0.25, 0.3) is 15.9 Å².